The molecule has 2 N–H and O–H groups in total. The van der Waals surface area contributed by atoms with Gasteiger partial charge in [0.1, 0.15) is 0 Å². The van der Waals surface area contributed by atoms with Crippen LogP contribution in [0.2, 0.25) is 0 Å². The van der Waals surface area contributed by atoms with Crippen molar-refractivity contribution < 1.29 is 0 Å². The van der Waals surface area contributed by atoms with Gasteiger partial charge in [-0.15, -0.1) is 0 Å². The number of rotatable bonds is 9. The van der Waals surface area contributed by atoms with E-state index in [0.717, 1.165) is 17.5 Å². The number of hydrogen-bond acceptors (Lipinski definition) is 4. The molecule has 1 aromatic heterocycles. The average Bonchev–Trinajstić information content (AvgIpc) is 2.34. The van der Waals surface area contributed by atoms with Gasteiger partial charge >= 0.3 is 0 Å². The quantitative estimate of drug-likeness (QED) is 0.409. The van der Waals surface area contributed by atoms with Gasteiger partial charge in [-0.25, -0.2) is 9.97 Å². The number of unbranched alkanes of at least 4 members (excludes halogenated alkanes) is 5. The Hall–Kier alpha value is -0.610. The first-order chi connectivity index (χ1) is 7.93. The zero-order valence-corrected chi connectivity index (χ0v) is 10.6. The molecule has 0 unspecified atom stereocenters. The van der Waals surface area contributed by atoms with Crippen LogP contribution in [0.5, 0.6) is 0 Å². The van der Waals surface area contributed by atoms with Gasteiger partial charge in [0.25, 0.3) is 0 Å². The van der Waals surface area contributed by atoms with Crippen LogP contribution in [0.1, 0.15) is 38.5 Å². The van der Waals surface area contributed by atoms with Crippen molar-refractivity contribution in [2.75, 3.05) is 12.3 Å². The van der Waals surface area contributed by atoms with Crippen LogP contribution in [0.15, 0.2) is 23.6 Å². The lowest BCUT2D eigenvalue weighted by Gasteiger charge is -2.00. The largest absolute Gasteiger partial charge is 0.330 e. The first kappa shape index (κ1) is 13.5. The summed E-state index contributed by atoms with van der Waals surface area (Å²) < 4.78 is 0. The van der Waals surface area contributed by atoms with E-state index in [-0.39, 0.29) is 0 Å². The molecule has 1 heterocycles. The van der Waals surface area contributed by atoms with Crippen molar-refractivity contribution in [3.8, 4) is 0 Å². The van der Waals surface area contributed by atoms with E-state index in [1.807, 2.05) is 6.07 Å². The Labute approximate surface area is 102 Å². The Balaban J connectivity index is 1.89. The molecule has 90 valence electrons. The van der Waals surface area contributed by atoms with Crippen molar-refractivity contribution in [2.45, 2.75) is 43.7 Å². The third-order valence-corrected chi connectivity index (χ3v) is 3.33. The SMILES string of the molecule is NCCCCCCCCSc1ncccn1. The molecule has 0 fully saturated rings. The Morgan fingerprint density at radius 3 is 2.25 bits per heavy atom. The van der Waals surface area contributed by atoms with Crippen LogP contribution < -0.4 is 5.73 Å². The van der Waals surface area contributed by atoms with E-state index in [9.17, 15) is 0 Å². The van der Waals surface area contributed by atoms with Crippen molar-refractivity contribution in [1.29, 1.82) is 0 Å². The molecule has 0 aliphatic rings. The fourth-order valence-electron chi connectivity index (χ4n) is 1.48. The summed E-state index contributed by atoms with van der Waals surface area (Å²) in [7, 11) is 0. The highest BCUT2D eigenvalue weighted by molar-refractivity contribution is 7.99. The molecule has 16 heavy (non-hydrogen) atoms. The minimum absolute atomic E-state index is 0.835. The highest BCUT2D eigenvalue weighted by Gasteiger charge is 1.95. The van der Waals surface area contributed by atoms with Gasteiger partial charge in [0.15, 0.2) is 5.16 Å². The lowest BCUT2D eigenvalue weighted by atomic mass is 10.1. The van der Waals surface area contributed by atoms with E-state index in [0.29, 0.717) is 0 Å². The number of hydrogen-bond donors (Lipinski definition) is 1. The van der Waals surface area contributed by atoms with Gasteiger partial charge in [-0.1, -0.05) is 37.4 Å². The second-order valence-electron chi connectivity index (χ2n) is 3.79. The second kappa shape index (κ2) is 9.60. The van der Waals surface area contributed by atoms with Crippen molar-refractivity contribution >= 4 is 11.8 Å². The molecule has 3 nitrogen and oxygen atoms in total. The van der Waals surface area contributed by atoms with E-state index >= 15 is 0 Å². The highest BCUT2D eigenvalue weighted by Crippen LogP contribution is 2.14. The van der Waals surface area contributed by atoms with Gasteiger partial charge in [-0.05, 0) is 25.5 Å². The number of nitrogens with two attached hydrogens (primary N) is 1. The Bertz CT molecular complexity index is 254. The summed E-state index contributed by atoms with van der Waals surface area (Å²) in [5, 5.41) is 0.894. The van der Waals surface area contributed by atoms with Crippen molar-refractivity contribution in [3.63, 3.8) is 0 Å². The summed E-state index contributed by atoms with van der Waals surface area (Å²) in [4.78, 5) is 8.35. The smallest absolute Gasteiger partial charge is 0.187 e. The van der Waals surface area contributed by atoms with Crippen molar-refractivity contribution in [3.05, 3.63) is 18.5 Å². The van der Waals surface area contributed by atoms with Crippen LogP contribution in [0.4, 0.5) is 0 Å². The first-order valence-corrected chi connectivity index (χ1v) is 7.02. The molecular weight excluding hydrogens is 218 g/mol. The monoisotopic (exact) mass is 239 g/mol. The summed E-state index contributed by atoms with van der Waals surface area (Å²) in [5.41, 5.74) is 5.44. The van der Waals surface area contributed by atoms with Gasteiger partial charge in [-0.3, -0.25) is 0 Å². The van der Waals surface area contributed by atoms with E-state index in [2.05, 4.69) is 9.97 Å². The van der Waals surface area contributed by atoms with Crippen LogP contribution in [-0.4, -0.2) is 22.3 Å². The predicted octanol–water partition coefficient (Wildman–Crippen LogP) is 2.87. The highest BCUT2D eigenvalue weighted by atomic mass is 32.2. The predicted molar refractivity (Wildman–Crippen MR) is 69.5 cm³/mol. The fraction of sp³-hybridized carbons (Fsp3) is 0.667. The minimum Gasteiger partial charge on any atom is -0.330 e. The zero-order valence-electron chi connectivity index (χ0n) is 9.77. The molecule has 0 saturated heterocycles. The molecule has 0 radical (unpaired) electrons. The number of thioether (sulfide) groups is 1. The maximum absolute atomic E-state index is 5.44. The summed E-state index contributed by atoms with van der Waals surface area (Å²) in [6.07, 6.45) is 11.3. The van der Waals surface area contributed by atoms with E-state index in [1.54, 1.807) is 24.2 Å². The molecule has 0 aliphatic heterocycles. The summed E-state index contributed by atoms with van der Waals surface area (Å²) >= 11 is 1.75. The maximum Gasteiger partial charge on any atom is 0.187 e. The van der Waals surface area contributed by atoms with E-state index < -0.39 is 0 Å². The molecule has 0 aromatic carbocycles. The molecule has 1 rings (SSSR count). The molecule has 4 heteroatoms. The molecule has 0 saturated carbocycles. The van der Waals surface area contributed by atoms with Crippen LogP contribution in [0, 0.1) is 0 Å². The molecule has 0 aliphatic carbocycles. The maximum atomic E-state index is 5.44. The lowest BCUT2D eigenvalue weighted by Crippen LogP contribution is -1.97. The van der Waals surface area contributed by atoms with Crippen molar-refractivity contribution in [2.24, 2.45) is 5.73 Å². The minimum atomic E-state index is 0.835. The Morgan fingerprint density at radius 1 is 0.938 bits per heavy atom. The third-order valence-electron chi connectivity index (χ3n) is 2.37. The molecule has 0 spiro atoms. The standard InChI is InChI=1S/C12H21N3S/c13-8-5-3-1-2-4-6-11-16-12-14-9-7-10-15-12/h7,9-10H,1-6,8,11,13H2. The van der Waals surface area contributed by atoms with E-state index in [4.69, 9.17) is 5.73 Å². The van der Waals surface area contributed by atoms with Crippen LogP contribution >= 0.6 is 11.8 Å². The number of nitrogens with zero attached hydrogens (tertiary/aromatic N) is 2. The number of aromatic nitrogens is 2. The van der Waals surface area contributed by atoms with Gasteiger partial charge in [0, 0.05) is 18.1 Å². The van der Waals surface area contributed by atoms with Gasteiger partial charge in [0.2, 0.25) is 0 Å². The van der Waals surface area contributed by atoms with Gasteiger partial charge in [0.05, 0.1) is 0 Å². The molecule has 0 atom stereocenters. The zero-order chi connectivity index (χ0) is 11.5. The molecule has 1 aromatic rings. The molecular formula is C12H21N3S. The topological polar surface area (TPSA) is 51.8 Å². The lowest BCUT2D eigenvalue weighted by molar-refractivity contribution is 0.614. The first-order valence-electron chi connectivity index (χ1n) is 6.03. The Morgan fingerprint density at radius 2 is 1.56 bits per heavy atom. The molecule has 0 bridgehead atoms. The summed E-state index contributed by atoms with van der Waals surface area (Å²) in [6, 6.07) is 1.85. The van der Waals surface area contributed by atoms with Crippen LogP contribution in [0.3, 0.4) is 0 Å². The molecule has 0 amide bonds. The fourth-order valence-corrected chi connectivity index (χ4v) is 2.28. The third kappa shape index (κ3) is 6.80. The van der Waals surface area contributed by atoms with Crippen molar-refractivity contribution in [1.82, 2.24) is 9.97 Å². The van der Waals surface area contributed by atoms with Crippen LogP contribution in [0.25, 0.3) is 0 Å². The van der Waals surface area contributed by atoms with Crippen LogP contribution in [-0.2, 0) is 0 Å². The van der Waals surface area contributed by atoms with Gasteiger partial charge < -0.3 is 5.73 Å². The normalized spacial score (nSPS) is 10.6. The summed E-state index contributed by atoms with van der Waals surface area (Å²) in [6.45, 7) is 0.835. The Kier molecular flexibility index (Phi) is 8.08. The summed E-state index contributed by atoms with van der Waals surface area (Å²) in [5.74, 6) is 1.13. The van der Waals surface area contributed by atoms with Gasteiger partial charge in [-0.2, -0.15) is 0 Å². The van der Waals surface area contributed by atoms with E-state index in [1.165, 1.54) is 38.5 Å². The second-order valence-corrected chi connectivity index (χ2v) is 4.85. The average molecular weight is 239 g/mol.